The van der Waals surface area contributed by atoms with Gasteiger partial charge in [0.1, 0.15) is 0 Å². The van der Waals surface area contributed by atoms with Gasteiger partial charge in [-0.3, -0.25) is 9.52 Å². The van der Waals surface area contributed by atoms with E-state index in [1.54, 1.807) is 41.3 Å². The van der Waals surface area contributed by atoms with Crippen LogP contribution >= 0.6 is 0 Å². The van der Waals surface area contributed by atoms with E-state index >= 15 is 0 Å². The number of hydrogen-bond acceptors (Lipinski definition) is 4. The number of fused-ring (bicyclic) bond motifs is 2. The summed E-state index contributed by atoms with van der Waals surface area (Å²) in [6.45, 7) is 0.563. The molecule has 7 heteroatoms. The molecule has 5 rings (SSSR count). The van der Waals surface area contributed by atoms with Crippen LogP contribution in [0.5, 0.6) is 0 Å². The number of sulfonamides is 1. The van der Waals surface area contributed by atoms with E-state index in [-0.39, 0.29) is 16.6 Å². The number of benzene rings is 2. The Hall–Kier alpha value is -3.06. The summed E-state index contributed by atoms with van der Waals surface area (Å²) in [7, 11) is -3.73. The predicted molar refractivity (Wildman–Crippen MR) is 119 cm³/mol. The summed E-state index contributed by atoms with van der Waals surface area (Å²) in [6, 6.07) is 14.1. The van der Waals surface area contributed by atoms with Gasteiger partial charge in [0.2, 0.25) is 0 Å². The van der Waals surface area contributed by atoms with Crippen molar-refractivity contribution in [1.29, 1.82) is 0 Å². The molecule has 0 bridgehead atoms. The minimum absolute atomic E-state index is 0.222. The van der Waals surface area contributed by atoms with Crippen molar-refractivity contribution in [2.24, 2.45) is 0 Å². The van der Waals surface area contributed by atoms with E-state index in [4.69, 9.17) is 4.42 Å². The van der Waals surface area contributed by atoms with Gasteiger partial charge in [0.05, 0.1) is 16.8 Å². The largest absolute Gasteiger partial charge is 0.459 e. The summed E-state index contributed by atoms with van der Waals surface area (Å²) in [4.78, 5) is 14.8. The van der Waals surface area contributed by atoms with Gasteiger partial charge >= 0.3 is 0 Å². The highest BCUT2D eigenvalue weighted by Gasteiger charge is 2.26. The number of carbonyl (C=O) groups is 1. The number of furan rings is 1. The Morgan fingerprint density at radius 1 is 0.903 bits per heavy atom. The summed E-state index contributed by atoms with van der Waals surface area (Å²) in [5.74, 6) is 0.0496. The third kappa shape index (κ3) is 3.85. The Kier molecular flexibility index (Phi) is 5.06. The molecule has 31 heavy (non-hydrogen) atoms. The molecule has 1 aliphatic heterocycles. The van der Waals surface area contributed by atoms with E-state index in [1.165, 1.54) is 11.8 Å². The summed E-state index contributed by atoms with van der Waals surface area (Å²) >= 11 is 0. The second-order valence-corrected chi connectivity index (χ2v) is 9.81. The SMILES string of the molecule is O=C(c1ccco1)N1CCCc2ccc(NS(=O)(=O)c3ccc4c(c3)CCCC4)cc21. The van der Waals surface area contributed by atoms with Crippen LogP contribution in [0.1, 0.15) is 46.5 Å². The van der Waals surface area contributed by atoms with Crippen molar-refractivity contribution in [3.8, 4) is 0 Å². The van der Waals surface area contributed by atoms with Crippen molar-refractivity contribution in [3.63, 3.8) is 0 Å². The molecule has 0 spiro atoms. The fourth-order valence-electron chi connectivity index (χ4n) is 4.47. The van der Waals surface area contributed by atoms with E-state index < -0.39 is 10.0 Å². The Balaban J connectivity index is 1.44. The highest BCUT2D eigenvalue weighted by Crippen LogP contribution is 2.32. The van der Waals surface area contributed by atoms with Crippen molar-refractivity contribution in [2.45, 2.75) is 43.4 Å². The summed E-state index contributed by atoms with van der Waals surface area (Å²) in [6.07, 6.45) is 7.33. The monoisotopic (exact) mass is 436 g/mol. The molecule has 1 aromatic heterocycles. The zero-order valence-electron chi connectivity index (χ0n) is 17.1. The minimum Gasteiger partial charge on any atom is -0.459 e. The number of nitrogens with zero attached hydrogens (tertiary/aromatic N) is 1. The highest BCUT2D eigenvalue weighted by molar-refractivity contribution is 7.92. The number of carbonyl (C=O) groups excluding carboxylic acids is 1. The first-order valence-electron chi connectivity index (χ1n) is 10.6. The summed E-state index contributed by atoms with van der Waals surface area (Å²) < 4.78 is 34.1. The van der Waals surface area contributed by atoms with Gasteiger partial charge in [-0.2, -0.15) is 0 Å². The molecule has 6 nitrogen and oxygen atoms in total. The van der Waals surface area contributed by atoms with Crippen molar-refractivity contribution >= 4 is 27.3 Å². The van der Waals surface area contributed by atoms with Gasteiger partial charge in [-0.15, -0.1) is 0 Å². The molecule has 1 amide bonds. The van der Waals surface area contributed by atoms with E-state index in [9.17, 15) is 13.2 Å². The maximum Gasteiger partial charge on any atom is 0.293 e. The smallest absolute Gasteiger partial charge is 0.293 e. The van der Waals surface area contributed by atoms with Crippen molar-refractivity contribution in [3.05, 3.63) is 77.2 Å². The average molecular weight is 437 g/mol. The number of amides is 1. The van der Waals surface area contributed by atoms with Crippen molar-refractivity contribution in [2.75, 3.05) is 16.2 Å². The number of anilines is 2. The predicted octanol–water partition coefficient (Wildman–Crippen LogP) is 4.55. The number of hydrogen-bond donors (Lipinski definition) is 1. The lowest BCUT2D eigenvalue weighted by Crippen LogP contribution is -2.35. The Bertz CT molecular complexity index is 1230. The number of nitrogens with one attached hydrogen (secondary N) is 1. The number of aryl methyl sites for hydroxylation is 3. The zero-order chi connectivity index (χ0) is 21.4. The Morgan fingerprint density at radius 3 is 2.48 bits per heavy atom. The van der Waals surface area contributed by atoms with Crippen LogP contribution < -0.4 is 9.62 Å². The maximum atomic E-state index is 13.1. The van der Waals surface area contributed by atoms with Gasteiger partial charge in [0, 0.05) is 12.2 Å². The third-order valence-electron chi connectivity index (χ3n) is 6.06. The fourth-order valence-corrected chi connectivity index (χ4v) is 5.57. The Labute approximate surface area is 181 Å². The molecule has 0 fully saturated rings. The van der Waals surface area contributed by atoms with Crippen LogP contribution in [-0.4, -0.2) is 20.9 Å². The average Bonchev–Trinajstić information content (AvgIpc) is 3.32. The standard InChI is InChI=1S/C24H24N2O4S/c27-24(23-8-4-14-30-23)26-13-3-7-18-9-11-20(16-22(18)26)25-31(28,29)21-12-10-17-5-1-2-6-19(17)15-21/h4,8-12,14-16,25H,1-3,5-7,13H2. The quantitative estimate of drug-likeness (QED) is 0.651. The van der Waals surface area contributed by atoms with E-state index in [1.807, 2.05) is 12.1 Å². The van der Waals surface area contributed by atoms with Crippen LogP contribution in [-0.2, 0) is 29.3 Å². The van der Waals surface area contributed by atoms with Crippen molar-refractivity contribution in [1.82, 2.24) is 0 Å². The zero-order valence-corrected chi connectivity index (χ0v) is 18.0. The molecule has 0 saturated carbocycles. The summed E-state index contributed by atoms with van der Waals surface area (Å²) in [5, 5.41) is 0. The molecular formula is C24H24N2O4S. The van der Waals surface area contributed by atoms with Crippen molar-refractivity contribution < 1.29 is 17.6 Å². The Morgan fingerprint density at radius 2 is 1.68 bits per heavy atom. The van der Waals surface area contributed by atoms with E-state index in [0.29, 0.717) is 12.2 Å². The molecule has 3 aromatic rings. The number of rotatable bonds is 4. The van der Waals surface area contributed by atoms with Gasteiger partial charge in [-0.1, -0.05) is 12.1 Å². The van der Waals surface area contributed by atoms with Crippen LogP contribution in [0, 0.1) is 0 Å². The maximum absolute atomic E-state index is 13.1. The first-order valence-corrected chi connectivity index (χ1v) is 12.1. The van der Waals surface area contributed by atoms with E-state index in [0.717, 1.165) is 55.3 Å². The molecule has 1 aliphatic carbocycles. The molecule has 2 aromatic carbocycles. The minimum atomic E-state index is -3.73. The lowest BCUT2D eigenvalue weighted by molar-refractivity contribution is 0.0958. The van der Waals surface area contributed by atoms with Crippen LogP contribution in [0.15, 0.2) is 64.1 Å². The second-order valence-electron chi connectivity index (χ2n) is 8.12. The molecule has 0 radical (unpaired) electrons. The van der Waals surface area contributed by atoms with Gasteiger partial charge in [-0.25, -0.2) is 8.42 Å². The molecule has 0 unspecified atom stereocenters. The third-order valence-corrected chi connectivity index (χ3v) is 7.44. The van der Waals surface area contributed by atoms with Gasteiger partial charge in [-0.05, 0) is 91.6 Å². The van der Waals surface area contributed by atoms with E-state index in [2.05, 4.69) is 4.72 Å². The first kappa shape index (κ1) is 19.9. The molecular weight excluding hydrogens is 412 g/mol. The molecule has 2 aliphatic rings. The van der Waals surface area contributed by atoms with Crippen LogP contribution in [0.3, 0.4) is 0 Å². The first-order chi connectivity index (χ1) is 15.0. The van der Waals surface area contributed by atoms with Gasteiger partial charge in [0.25, 0.3) is 15.9 Å². The van der Waals surface area contributed by atoms with Gasteiger partial charge in [0.15, 0.2) is 5.76 Å². The van der Waals surface area contributed by atoms with Crippen LogP contribution in [0.4, 0.5) is 11.4 Å². The fraction of sp³-hybridized carbons (Fsp3) is 0.292. The molecule has 1 N–H and O–H groups in total. The second kappa shape index (κ2) is 7.89. The van der Waals surface area contributed by atoms with Crippen LogP contribution in [0.2, 0.25) is 0 Å². The van der Waals surface area contributed by atoms with Crippen LogP contribution in [0.25, 0.3) is 0 Å². The topological polar surface area (TPSA) is 79.6 Å². The van der Waals surface area contributed by atoms with Gasteiger partial charge < -0.3 is 9.32 Å². The molecule has 0 saturated heterocycles. The lowest BCUT2D eigenvalue weighted by Gasteiger charge is -2.29. The normalized spacial score (nSPS) is 15.8. The lowest BCUT2D eigenvalue weighted by atomic mass is 9.92. The highest BCUT2D eigenvalue weighted by atomic mass is 32.2. The molecule has 0 atom stereocenters. The molecule has 160 valence electrons. The summed E-state index contributed by atoms with van der Waals surface area (Å²) in [5.41, 5.74) is 4.54. The molecule has 2 heterocycles.